The molecule has 2 N–H and O–H groups in total. The van der Waals surface area contributed by atoms with Crippen molar-refractivity contribution >= 4 is 0 Å². The maximum Gasteiger partial charge on any atom is 0.119 e. The van der Waals surface area contributed by atoms with Gasteiger partial charge in [0.25, 0.3) is 0 Å². The monoisotopic (exact) mass is 450 g/mol. The zero-order valence-corrected chi connectivity index (χ0v) is 19.7. The molecule has 3 heterocycles. The van der Waals surface area contributed by atoms with Crippen molar-refractivity contribution in [3.8, 4) is 11.5 Å². The van der Waals surface area contributed by atoms with E-state index < -0.39 is 0 Å². The van der Waals surface area contributed by atoms with Gasteiger partial charge in [0.2, 0.25) is 0 Å². The Balaban J connectivity index is 1.25. The summed E-state index contributed by atoms with van der Waals surface area (Å²) in [5.41, 5.74) is 3.99. The van der Waals surface area contributed by atoms with Gasteiger partial charge < -0.3 is 19.9 Å². The first-order valence-corrected chi connectivity index (χ1v) is 12.9. The fourth-order valence-electron chi connectivity index (χ4n) is 5.83. The topological polar surface area (TPSA) is 54.0 Å². The lowest BCUT2D eigenvalue weighted by Gasteiger charge is -2.44. The minimum atomic E-state index is 0.335. The Kier molecular flexibility index (Phi) is 7.50. The van der Waals surface area contributed by atoms with E-state index in [1.165, 1.54) is 36.0 Å². The summed E-state index contributed by atoms with van der Waals surface area (Å²) >= 11 is 0. The van der Waals surface area contributed by atoms with E-state index in [0.717, 1.165) is 70.8 Å². The van der Waals surface area contributed by atoms with Gasteiger partial charge in [-0.25, -0.2) is 0 Å². The number of benzene rings is 2. The lowest BCUT2D eigenvalue weighted by molar-refractivity contribution is 0.0129. The Morgan fingerprint density at radius 1 is 1.03 bits per heavy atom. The molecule has 0 amide bonds. The minimum Gasteiger partial charge on any atom is -0.508 e. The molecular weight excluding hydrogens is 412 g/mol. The number of fused-ring (bicyclic) bond motifs is 1. The van der Waals surface area contributed by atoms with Crippen molar-refractivity contribution in [3.63, 3.8) is 0 Å². The van der Waals surface area contributed by atoms with Crippen LogP contribution in [-0.4, -0.2) is 55.0 Å². The summed E-state index contributed by atoms with van der Waals surface area (Å²) in [4.78, 5) is 2.70. The highest BCUT2D eigenvalue weighted by atomic mass is 16.5. The molecule has 0 saturated carbocycles. The number of rotatable bonds is 7. The number of phenols is 1. The molecule has 5 rings (SSSR count). The van der Waals surface area contributed by atoms with Crippen LogP contribution in [0.15, 0.2) is 42.5 Å². The van der Waals surface area contributed by atoms with Gasteiger partial charge in [0.15, 0.2) is 0 Å². The normalized spacial score (nSPS) is 24.4. The van der Waals surface area contributed by atoms with Crippen LogP contribution in [-0.2, 0) is 17.6 Å². The molecule has 2 aromatic rings. The molecule has 5 nitrogen and oxygen atoms in total. The Labute approximate surface area is 198 Å². The predicted octanol–water partition coefficient (Wildman–Crippen LogP) is 4.62. The number of piperidine rings is 1. The van der Waals surface area contributed by atoms with Crippen molar-refractivity contribution in [2.45, 2.75) is 69.5 Å². The van der Waals surface area contributed by atoms with Gasteiger partial charge >= 0.3 is 0 Å². The molecule has 2 saturated heterocycles. The first-order chi connectivity index (χ1) is 16.3. The van der Waals surface area contributed by atoms with Gasteiger partial charge in [-0.3, -0.25) is 4.90 Å². The van der Waals surface area contributed by atoms with Gasteiger partial charge in [-0.1, -0.05) is 24.6 Å². The van der Waals surface area contributed by atoms with E-state index >= 15 is 0 Å². The molecule has 0 spiro atoms. The van der Waals surface area contributed by atoms with Gasteiger partial charge in [0.1, 0.15) is 11.5 Å². The van der Waals surface area contributed by atoms with Gasteiger partial charge in [0.05, 0.1) is 6.61 Å². The Hall–Kier alpha value is -2.08. The van der Waals surface area contributed by atoms with E-state index in [4.69, 9.17) is 9.47 Å². The fourth-order valence-corrected chi connectivity index (χ4v) is 5.83. The van der Waals surface area contributed by atoms with Gasteiger partial charge in [0, 0.05) is 37.9 Å². The molecule has 0 aromatic heterocycles. The van der Waals surface area contributed by atoms with Crippen LogP contribution >= 0.6 is 0 Å². The summed E-state index contributed by atoms with van der Waals surface area (Å²) in [7, 11) is 0. The molecular formula is C28H38N2O3. The Bertz CT molecular complexity index is 889. The van der Waals surface area contributed by atoms with Crippen LogP contribution in [0.25, 0.3) is 0 Å². The number of hydrogen-bond acceptors (Lipinski definition) is 5. The molecule has 2 unspecified atom stereocenters. The number of phenolic OH excluding ortho intramolecular Hbond substituents is 1. The summed E-state index contributed by atoms with van der Waals surface area (Å²) in [5, 5.41) is 13.6. The number of ether oxygens (including phenoxy) is 2. The molecule has 0 bridgehead atoms. The second-order valence-corrected chi connectivity index (χ2v) is 9.86. The molecule has 33 heavy (non-hydrogen) atoms. The van der Waals surface area contributed by atoms with Crippen molar-refractivity contribution in [2.24, 2.45) is 0 Å². The van der Waals surface area contributed by atoms with E-state index in [1.54, 1.807) is 0 Å². The van der Waals surface area contributed by atoms with Crippen molar-refractivity contribution in [1.29, 1.82) is 0 Å². The summed E-state index contributed by atoms with van der Waals surface area (Å²) < 4.78 is 11.7. The second kappa shape index (κ2) is 10.9. The first-order valence-electron chi connectivity index (χ1n) is 12.9. The van der Waals surface area contributed by atoms with Gasteiger partial charge in [-0.2, -0.15) is 0 Å². The molecule has 0 radical (unpaired) electrons. The smallest absolute Gasteiger partial charge is 0.119 e. The van der Waals surface area contributed by atoms with Crippen LogP contribution in [0.1, 0.15) is 61.3 Å². The quantitative estimate of drug-likeness (QED) is 0.645. The molecule has 2 fully saturated rings. The molecule has 178 valence electrons. The van der Waals surface area contributed by atoms with Gasteiger partial charge in [-0.05, 0) is 92.4 Å². The zero-order chi connectivity index (χ0) is 22.5. The van der Waals surface area contributed by atoms with Crippen LogP contribution in [0.5, 0.6) is 11.5 Å². The maximum atomic E-state index is 10.0. The van der Waals surface area contributed by atoms with Crippen LogP contribution in [0, 0.1) is 0 Å². The Morgan fingerprint density at radius 3 is 2.67 bits per heavy atom. The van der Waals surface area contributed by atoms with E-state index in [1.807, 2.05) is 12.1 Å². The third-order valence-electron chi connectivity index (χ3n) is 7.68. The average Bonchev–Trinajstić information content (AvgIpc) is 2.86. The summed E-state index contributed by atoms with van der Waals surface area (Å²) in [6.07, 6.45) is 9.17. The highest BCUT2D eigenvalue weighted by Crippen LogP contribution is 2.37. The van der Waals surface area contributed by atoms with E-state index in [9.17, 15) is 5.11 Å². The Morgan fingerprint density at radius 2 is 1.88 bits per heavy atom. The molecule has 2 aromatic carbocycles. The molecule has 2 atom stereocenters. The predicted molar refractivity (Wildman–Crippen MR) is 131 cm³/mol. The highest BCUT2D eigenvalue weighted by molar-refractivity contribution is 5.40. The van der Waals surface area contributed by atoms with Crippen LogP contribution in [0.3, 0.4) is 0 Å². The molecule has 5 heteroatoms. The largest absolute Gasteiger partial charge is 0.508 e. The third-order valence-corrected chi connectivity index (χ3v) is 7.68. The second-order valence-electron chi connectivity index (χ2n) is 9.86. The number of aromatic hydroxyl groups is 1. The van der Waals surface area contributed by atoms with Crippen molar-refractivity contribution in [2.75, 3.05) is 32.9 Å². The molecule has 3 aliphatic rings. The van der Waals surface area contributed by atoms with Gasteiger partial charge in [-0.15, -0.1) is 0 Å². The first kappa shape index (κ1) is 22.7. The summed E-state index contributed by atoms with van der Waals surface area (Å²) in [5.74, 6) is 1.33. The summed E-state index contributed by atoms with van der Waals surface area (Å²) in [6, 6.07) is 16.2. The SMILES string of the molecule is Oc1ccc2c(c1)CCN(C1CCOCC1)C2Cc1ccc(OCCC2CCCCN2)cc1. The lowest BCUT2D eigenvalue weighted by Crippen LogP contribution is -2.46. The van der Waals surface area contributed by atoms with Crippen molar-refractivity contribution in [3.05, 3.63) is 59.2 Å². The average molecular weight is 451 g/mol. The number of nitrogens with zero attached hydrogens (tertiary/aromatic N) is 1. The maximum absolute atomic E-state index is 10.0. The highest BCUT2D eigenvalue weighted by Gasteiger charge is 2.33. The van der Waals surface area contributed by atoms with Crippen molar-refractivity contribution < 1.29 is 14.6 Å². The van der Waals surface area contributed by atoms with E-state index in [0.29, 0.717) is 23.9 Å². The fraction of sp³-hybridized carbons (Fsp3) is 0.571. The lowest BCUT2D eigenvalue weighted by atomic mass is 9.86. The van der Waals surface area contributed by atoms with Crippen LogP contribution < -0.4 is 10.1 Å². The third kappa shape index (κ3) is 5.71. The zero-order valence-electron chi connectivity index (χ0n) is 19.7. The number of nitrogens with one attached hydrogen (secondary N) is 1. The standard InChI is InChI=1S/C28H38N2O3/c31-25-6-9-27-22(20-25)10-15-30(24-12-16-32-17-13-24)28(27)19-21-4-7-26(8-5-21)33-18-11-23-3-1-2-14-29-23/h4-9,20,23-24,28-29,31H,1-3,10-19H2. The van der Waals surface area contributed by atoms with Crippen LogP contribution in [0.4, 0.5) is 0 Å². The minimum absolute atomic E-state index is 0.335. The van der Waals surface area contributed by atoms with E-state index in [2.05, 4.69) is 40.5 Å². The van der Waals surface area contributed by atoms with E-state index in [-0.39, 0.29) is 0 Å². The van der Waals surface area contributed by atoms with Crippen LogP contribution in [0.2, 0.25) is 0 Å². The summed E-state index contributed by atoms with van der Waals surface area (Å²) in [6.45, 7) is 4.68. The number of hydrogen-bond donors (Lipinski definition) is 2. The van der Waals surface area contributed by atoms with Crippen molar-refractivity contribution in [1.82, 2.24) is 10.2 Å². The molecule has 0 aliphatic carbocycles. The molecule has 3 aliphatic heterocycles.